The minimum atomic E-state index is -0.771. The number of hydrogen-bond donors (Lipinski definition) is 1. The number of rotatable bonds is 6. The van der Waals surface area contributed by atoms with E-state index in [0.717, 1.165) is 5.75 Å². The normalized spacial score (nSPS) is 11.8. The van der Waals surface area contributed by atoms with E-state index < -0.39 is 6.10 Å². The van der Waals surface area contributed by atoms with Gasteiger partial charge in [0.1, 0.15) is 30.0 Å². The number of hydrogen-bond acceptors (Lipinski definition) is 4. The Hall–Kier alpha value is -2.20. The van der Waals surface area contributed by atoms with Crippen LogP contribution < -0.4 is 14.2 Å². The molecule has 0 saturated carbocycles. The molecule has 1 unspecified atom stereocenters. The van der Waals surface area contributed by atoms with Crippen molar-refractivity contribution < 1.29 is 19.3 Å². The van der Waals surface area contributed by atoms with Gasteiger partial charge in [0.05, 0.1) is 14.2 Å². The summed E-state index contributed by atoms with van der Waals surface area (Å²) in [6.45, 7) is 2.17. The van der Waals surface area contributed by atoms with Gasteiger partial charge in [-0.25, -0.2) is 0 Å². The van der Waals surface area contributed by atoms with Crippen LogP contribution in [0.15, 0.2) is 42.5 Å². The lowest BCUT2D eigenvalue weighted by atomic mass is 10.1. The number of benzene rings is 2. The minimum absolute atomic E-state index is 0.158. The topological polar surface area (TPSA) is 47.9 Å². The highest BCUT2D eigenvalue weighted by molar-refractivity contribution is 5.42. The SMILES string of the molecule is COc1ccc(C(O)COc2ccc(C)cc2)c(OC)c1. The third-order valence-corrected chi connectivity index (χ3v) is 3.23. The molecule has 4 nitrogen and oxygen atoms in total. The van der Waals surface area contributed by atoms with Crippen molar-refractivity contribution in [1.29, 1.82) is 0 Å². The fraction of sp³-hybridized carbons (Fsp3) is 0.294. The maximum absolute atomic E-state index is 10.3. The molecule has 4 heteroatoms. The van der Waals surface area contributed by atoms with E-state index in [-0.39, 0.29) is 6.61 Å². The second kappa shape index (κ2) is 6.99. The highest BCUT2D eigenvalue weighted by Crippen LogP contribution is 2.29. The van der Waals surface area contributed by atoms with Crippen LogP contribution in [0.2, 0.25) is 0 Å². The summed E-state index contributed by atoms with van der Waals surface area (Å²) in [5.74, 6) is 1.99. The molecule has 0 spiro atoms. The Kier molecular flexibility index (Phi) is 5.06. The smallest absolute Gasteiger partial charge is 0.128 e. The zero-order chi connectivity index (χ0) is 15.2. The molecule has 0 aromatic heterocycles. The van der Waals surface area contributed by atoms with Crippen molar-refractivity contribution in [3.05, 3.63) is 53.6 Å². The number of aliphatic hydroxyl groups is 1. The molecule has 1 N–H and O–H groups in total. The lowest BCUT2D eigenvalue weighted by Crippen LogP contribution is -2.11. The van der Waals surface area contributed by atoms with Gasteiger partial charge in [0.15, 0.2) is 0 Å². The van der Waals surface area contributed by atoms with Gasteiger partial charge in [0.2, 0.25) is 0 Å². The molecule has 2 aromatic carbocycles. The molecule has 21 heavy (non-hydrogen) atoms. The molecule has 0 aliphatic carbocycles. The zero-order valence-electron chi connectivity index (χ0n) is 12.5. The second-order valence-electron chi connectivity index (χ2n) is 4.75. The van der Waals surface area contributed by atoms with Crippen LogP contribution in [0.4, 0.5) is 0 Å². The molecule has 0 radical (unpaired) electrons. The van der Waals surface area contributed by atoms with Crippen LogP contribution >= 0.6 is 0 Å². The Morgan fingerprint density at radius 3 is 2.24 bits per heavy atom. The van der Waals surface area contributed by atoms with Crippen molar-refractivity contribution in [1.82, 2.24) is 0 Å². The summed E-state index contributed by atoms with van der Waals surface area (Å²) in [7, 11) is 3.15. The van der Waals surface area contributed by atoms with Crippen LogP contribution in [0.5, 0.6) is 17.2 Å². The second-order valence-corrected chi connectivity index (χ2v) is 4.75. The van der Waals surface area contributed by atoms with E-state index in [2.05, 4.69) is 0 Å². The van der Waals surface area contributed by atoms with Crippen LogP contribution in [0, 0.1) is 6.92 Å². The van der Waals surface area contributed by atoms with E-state index in [0.29, 0.717) is 17.1 Å². The van der Waals surface area contributed by atoms with Crippen molar-refractivity contribution in [2.75, 3.05) is 20.8 Å². The molecule has 112 valence electrons. The van der Waals surface area contributed by atoms with Crippen molar-refractivity contribution >= 4 is 0 Å². The lowest BCUT2D eigenvalue weighted by molar-refractivity contribution is 0.105. The monoisotopic (exact) mass is 288 g/mol. The third kappa shape index (κ3) is 3.89. The first-order chi connectivity index (χ1) is 10.1. The molecule has 0 fully saturated rings. The highest BCUT2D eigenvalue weighted by atomic mass is 16.5. The maximum atomic E-state index is 10.3. The van der Waals surface area contributed by atoms with E-state index in [1.165, 1.54) is 5.56 Å². The Morgan fingerprint density at radius 2 is 1.62 bits per heavy atom. The first-order valence-corrected chi connectivity index (χ1v) is 6.73. The van der Waals surface area contributed by atoms with Crippen LogP contribution in [0.3, 0.4) is 0 Å². The Balaban J connectivity index is 2.05. The minimum Gasteiger partial charge on any atom is -0.497 e. The average Bonchev–Trinajstić information content (AvgIpc) is 2.53. The molecule has 1 atom stereocenters. The maximum Gasteiger partial charge on any atom is 0.128 e. The van der Waals surface area contributed by atoms with Crippen LogP contribution in [0.25, 0.3) is 0 Å². The Morgan fingerprint density at radius 1 is 0.952 bits per heavy atom. The van der Waals surface area contributed by atoms with Gasteiger partial charge in [-0.2, -0.15) is 0 Å². The average molecular weight is 288 g/mol. The molecule has 2 aromatic rings. The Bertz CT molecular complexity index is 578. The molecule has 0 aliphatic heterocycles. The first-order valence-electron chi connectivity index (χ1n) is 6.73. The van der Waals surface area contributed by atoms with Crippen molar-refractivity contribution in [3.63, 3.8) is 0 Å². The van der Waals surface area contributed by atoms with Gasteiger partial charge in [-0.1, -0.05) is 17.7 Å². The van der Waals surface area contributed by atoms with Gasteiger partial charge in [0, 0.05) is 11.6 Å². The van der Waals surface area contributed by atoms with E-state index in [4.69, 9.17) is 14.2 Å². The van der Waals surface area contributed by atoms with Gasteiger partial charge in [-0.15, -0.1) is 0 Å². The van der Waals surface area contributed by atoms with Gasteiger partial charge in [-0.3, -0.25) is 0 Å². The van der Waals surface area contributed by atoms with Crippen LogP contribution in [-0.4, -0.2) is 25.9 Å². The quantitative estimate of drug-likeness (QED) is 0.887. The number of methoxy groups -OCH3 is 2. The lowest BCUT2D eigenvalue weighted by Gasteiger charge is -2.16. The van der Waals surface area contributed by atoms with Crippen molar-refractivity contribution in [2.45, 2.75) is 13.0 Å². The highest BCUT2D eigenvalue weighted by Gasteiger charge is 2.15. The number of aryl methyl sites for hydroxylation is 1. The zero-order valence-corrected chi connectivity index (χ0v) is 12.5. The first kappa shape index (κ1) is 15.2. The van der Waals surface area contributed by atoms with Crippen molar-refractivity contribution in [3.8, 4) is 17.2 Å². The van der Waals surface area contributed by atoms with Gasteiger partial charge in [-0.05, 0) is 31.2 Å². The van der Waals surface area contributed by atoms with E-state index in [9.17, 15) is 5.11 Å². The molecule has 0 saturated heterocycles. The van der Waals surface area contributed by atoms with E-state index >= 15 is 0 Å². The van der Waals surface area contributed by atoms with Crippen LogP contribution in [0.1, 0.15) is 17.2 Å². The molecule has 0 heterocycles. The Labute approximate surface area is 124 Å². The largest absolute Gasteiger partial charge is 0.497 e. The summed E-state index contributed by atoms with van der Waals surface area (Å²) in [6.07, 6.45) is -0.771. The predicted octanol–water partition coefficient (Wildman–Crippen LogP) is 3.12. The molecular weight excluding hydrogens is 268 g/mol. The third-order valence-electron chi connectivity index (χ3n) is 3.23. The standard InChI is InChI=1S/C17H20O4/c1-12-4-6-13(7-5-12)21-11-16(18)15-9-8-14(19-2)10-17(15)20-3/h4-10,16,18H,11H2,1-3H3. The summed E-state index contributed by atoms with van der Waals surface area (Å²) in [4.78, 5) is 0. The summed E-state index contributed by atoms with van der Waals surface area (Å²) in [5, 5.41) is 10.3. The summed E-state index contributed by atoms with van der Waals surface area (Å²) in [5.41, 5.74) is 1.84. The predicted molar refractivity (Wildman–Crippen MR) is 81.2 cm³/mol. The summed E-state index contributed by atoms with van der Waals surface area (Å²) < 4.78 is 16.0. The van der Waals surface area contributed by atoms with Gasteiger partial charge < -0.3 is 19.3 Å². The molecule has 2 rings (SSSR count). The fourth-order valence-electron chi connectivity index (χ4n) is 1.99. The fourth-order valence-corrected chi connectivity index (χ4v) is 1.99. The van der Waals surface area contributed by atoms with Crippen LogP contribution in [-0.2, 0) is 0 Å². The number of aliphatic hydroxyl groups excluding tert-OH is 1. The summed E-state index contributed by atoms with van der Waals surface area (Å²) >= 11 is 0. The van der Waals surface area contributed by atoms with Gasteiger partial charge >= 0.3 is 0 Å². The molecule has 0 bridgehead atoms. The molecular formula is C17H20O4. The molecule has 0 amide bonds. The van der Waals surface area contributed by atoms with Crippen molar-refractivity contribution in [2.24, 2.45) is 0 Å². The molecule has 0 aliphatic rings. The van der Waals surface area contributed by atoms with E-state index in [1.54, 1.807) is 32.4 Å². The number of ether oxygens (including phenoxy) is 3. The summed E-state index contributed by atoms with van der Waals surface area (Å²) in [6, 6.07) is 13.0. The van der Waals surface area contributed by atoms with E-state index in [1.807, 2.05) is 31.2 Å². The van der Waals surface area contributed by atoms with Gasteiger partial charge in [0.25, 0.3) is 0 Å².